The van der Waals surface area contributed by atoms with E-state index >= 15 is 0 Å². The summed E-state index contributed by atoms with van der Waals surface area (Å²) >= 11 is 0. The predicted octanol–water partition coefficient (Wildman–Crippen LogP) is 2.82. The first kappa shape index (κ1) is 21.4. The molecule has 1 aliphatic heterocycles. The molecule has 0 bridgehead atoms. The average molecular weight is 415 g/mol. The Kier molecular flexibility index (Phi) is 7.13. The fraction of sp³-hybridized carbons (Fsp3) is 0.364. The van der Waals surface area contributed by atoms with Crippen LogP contribution < -0.4 is 19.5 Å². The van der Waals surface area contributed by atoms with Crippen molar-refractivity contribution in [3.8, 4) is 17.2 Å². The van der Waals surface area contributed by atoms with E-state index in [1.807, 2.05) is 13.0 Å². The lowest BCUT2D eigenvalue weighted by molar-refractivity contribution is -0.129. The molecule has 1 amide bonds. The summed E-state index contributed by atoms with van der Waals surface area (Å²) in [5, 5.41) is 2.75. The third-order valence-corrected chi connectivity index (χ3v) is 4.53. The average Bonchev–Trinajstić information content (AvgIpc) is 3.23. The normalized spacial score (nSPS) is 12.9. The van der Waals surface area contributed by atoms with Gasteiger partial charge in [-0.05, 0) is 49.7 Å². The van der Waals surface area contributed by atoms with Gasteiger partial charge >= 0.3 is 5.97 Å². The van der Waals surface area contributed by atoms with E-state index in [2.05, 4.69) is 5.32 Å². The SMILES string of the molecule is CCOCc1cc(C(=O)O[C@@H](C)C(=O)NCc2ccc3c(c2)OCO3)ccc1OC. The van der Waals surface area contributed by atoms with Gasteiger partial charge in [-0.3, -0.25) is 4.79 Å². The highest BCUT2D eigenvalue weighted by atomic mass is 16.7. The number of ether oxygens (including phenoxy) is 5. The maximum Gasteiger partial charge on any atom is 0.338 e. The van der Waals surface area contributed by atoms with Crippen LogP contribution in [0.5, 0.6) is 17.2 Å². The zero-order chi connectivity index (χ0) is 21.5. The molecule has 0 radical (unpaired) electrons. The monoisotopic (exact) mass is 415 g/mol. The largest absolute Gasteiger partial charge is 0.496 e. The molecule has 3 rings (SSSR count). The second-order valence-electron chi connectivity index (χ2n) is 6.62. The minimum atomic E-state index is -0.955. The smallest absolute Gasteiger partial charge is 0.338 e. The third kappa shape index (κ3) is 5.21. The molecule has 2 aromatic rings. The van der Waals surface area contributed by atoms with E-state index in [0.29, 0.717) is 36.0 Å². The highest BCUT2D eigenvalue weighted by Gasteiger charge is 2.20. The van der Waals surface area contributed by atoms with Crippen molar-refractivity contribution in [2.24, 2.45) is 0 Å². The zero-order valence-electron chi connectivity index (χ0n) is 17.2. The van der Waals surface area contributed by atoms with Gasteiger partial charge in [0.25, 0.3) is 5.91 Å². The van der Waals surface area contributed by atoms with Gasteiger partial charge < -0.3 is 29.0 Å². The maximum absolute atomic E-state index is 12.5. The molecule has 1 atom stereocenters. The summed E-state index contributed by atoms with van der Waals surface area (Å²) in [6.45, 7) is 4.73. The van der Waals surface area contributed by atoms with E-state index in [0.717, 1.165) is 11.1 Å². The van der Waals surface area contributed by atoms with Crippen LogP contribution in [0.3, 0.4) is 0 Å². The van der Waals surface area contributed by atoms with Gasteiger partial charge in [-0.2, -0.15) is 0 Å². The number of nitrogens with one attached hydrogen (secondary N) is 1. The Hall–Kier alpha value is -3.26. The Bertz CT molecular complexity index is 912. The van der Waals surface area contributed by atoms with Gasteiger partial charge in [0, 0.05) is 18.7 Å². The van der Waals surface area contributed by atoms with Gasteiger partial charge in [0.2, 0.25) is 6.79 Å². The number of esters is 1. The lowest BCUT2D eigenvalue weighted by atomic mass is 10.1. The van der Waals surface area contributed by atoms with Crippen LogP contribution in [0.4, 0.5) is 0 Å². The van der Waals surface area contributed by atoms with Crippen LogP contribution in [0.25, 0.3) is 0 Å². The highest BCUT2D eigenvalue weighted by Crippen LogP contribution is 2.32. The highest BCUT2D eigenvalue weighted by molar-refractivity contribution is 5.92. The fourth-order valence-corrected chi connectivity index (χ4v) is 2.90. The standard InChI is InChI=1S/C22H25NO7/c1-4-27-12-17-10-16(6-8-18(17)26-3)22(25)30-14(2)21(24)23-11-15-5-7-19-20(9-15)29-13-28-19/h5-10,14H,4,11-13H2,1-3H3,(H,23,24)/t14-/m0/s1. The summed E-state index contributed by atoms with van der Waals surface area (Å²) in [5.74, 6) is 0.943. The van der Waals surface area contributed by atoms with E-state index in [1.165, 1.54) is 6.92 Å². The number of hydrogen-bond acceptors (Lipinski definition) is 7. The van der Waals surface area contributed by atoms with Gasteiger partial charge in [-0.15, -0.1) is 0 Å². The first-order chi connectivity index (χ1) is 14.5. The Morgan fingerprint density at radius 2 is 1.93 bits per heavy atom. The number of methoxy groups -OCH3 is 1. The fourth-order valence-electron chi connectivity index (χ4n) is 2.90. The summed E-state index contributed by atoms with van der Waals surface area (Å²) in [4.78, 5) is 24.8. The number of hydrogen-bond donors (Lipinski definition) is 1. The Labute approximate surface area is 175 Å². The molecule has 1 heterocycles. The van der Waals surface area contributed by atoms with E-state index in [1.54, 1.807) is 37.4 Å². The molecule has 0 fully saturated rings. The van der Waals surface area contributed by atoms with Crippen molar-refractivity contribution >= 4 is 11.9 Å². The minimum absolute atomic E-state index is 0.190. The summed E-state index contributed by atoms with van der Waals surface area (Å²) in [6, 6.07) is 10.3. The summed E-state index contributed by atoms with van der Waals surface area (Å²) in [7, 11) is 1.55. The van der Waals surface area contributed by atoms with Crippen molar-refractivity contribution in [2.75, 3.05) is 20.5 Å². The summed E-state index contributed by atoms with van der Waals surface area (Å²) in [5.41, 5.74) is 1.90. The van der Waals surface area contributed by atoms with Crippen molar-refractivity contribution in [3.63, 3.8) is 0 Å². The number of amides is 1. The predicted molar refractivity (Wildman–Crippen MR) is 108 cm³/mol. The Balaban J connectivity index is 1.56. The van der Waals surface area contributed by atoms with Crippen molar-refractivity contribution in [1.82, 2.24) is 5.32 Å². The molecular weight excluding hydrogens is 390 g/mol. The van der Waals surface area contributed by atoms with Crippen molar-refractivity contribution in [3.05, 3.63) is 53.1 Å². The number of benzene rings is 2. The number of fused-ring (bicyclic) bond motifs is 1. The lowest BCUT2D eigenvalue weighted by Gasteiger charge is -2.15. The van der Waals surface area contributed by atoms with Crippen LogP contribution in [0, 0.1) is 0 Å². The molecule has 160 valence electrons. The van der Waals surface area contributed by atoms with Gasteiger partial charge in [0.1, 0.15) is 5.75 Å². The lowest BCUT2D eigenvalue weighted by Crippen LogP contribution is -2.35. The van der Waals surface area contributed by atoms with Crippen LogP contribution in [0.2, 0.25) is 0 Å². The zero-order valence-corrected chi connectivity index (χ0v) is 17.2. The molecule has 1 aliphatic rings. The molecule has 0 spiro atoms. The molecule has 8 nitrogen and oxygen atoms in total. The molecule has 30 heavy (non-hydrogen) atoms. The van der Waals surface area contributed by atoms with Crippen LogP contribution in [-0.2, 0) is 27.4 Å². The number of carbonyl (C=O) groups excluding carboxylic acids is 2. The van der Waals surface area contributed by atoms with E-state index in [-0.39, 0.29) is 13.3 Å². The van der Waals surface area contributed by atoms with Gasteiger partial charge in [0.15, 0.2) is 17.6 Å². The van der Waals surface area contributed by atoms with Gasteiger partial charge in [-0.25, -0.2) is 4.79 Å². The first-order valence-corrected chi connectivity index (χ1v) is 9.63. The van der Waals surface area contributed by atoms with Crippen LogP contribution in [0.15, 0.2) is 36.4 Å². The maximum atomic E-state index is 12.5. The summed E-state index contributed by atoms with van der Waals surface area (Å²) < 4.78 is 26.6. The molecule has 2 aromatic carbocycles. The second-order valence-corrected chi connectivity index (χ2v) is 6.62. The molecular formula is C22H25NO7. The Morgan fingerprint density at radius 1 is 1.13 bits per heavy atom. The first-order valence-electron chi connectivity index (χ1n) is 9.63. The quantitative estimate of drug-likeness (QED) is 0.630. The molecule has 0 saturated heterocycles. The molecule has 0 aromatic heterocycles. The number of rotatable bonds is 9. The van der Waals surface area contributed by atoms with E-state index in [9.17, 15) is 9.59 Å². The van der Waals surface area contributed by atoms with E-state index < -0.39 is 18.0 Å². The van der Waals surface area contributed by atoms with Crippen LogP contribution >= 0.6 is 0 Å². The van der Waals surface area contributed by atoms with Gasteiger partial charge in [-0.1, -0.05) is 6.07 Å². The minimum Gasteiger partial charge on any atom is -0.496 e. The van der Waals surface area contributed by atoms with Crippen molar-refractivity contribution in [2.45, 2.75) is 33.1 Å². The number of carbonyl (C=O) groups is 2. The molecule has 8 heteroatoms. The van der Waals surface area contributed by atoms with E-state index in [4.69, 9.17) is 23.7 Å². The van der Waals surface area contributed by atoms with Crippen molar-refractivity contribution < 1.29 is 33.3 Å². The molecule has 0 saturated carbocycles. The van der Waals surface area contributed by atoms with Crippen LogP contribution in [0.1, 0.15) is 35.3 Å². The summed E-state index contributed by atoms with van der Waals surface area (Å²) in [6.07, 6.45) is -0.955. The third-order valence-electron chi connectivity index (χ3n) is 4.53. The van der Waals surface area contributed by atoms with Gasteiger partial charge in [0.05, 0.1) is 19.3 Å². The second kappa shape index (κ2) is 9.98. The van der Waals surface area contributed by atoms with Crippen LogP contribution in [-0.4, -0.2) is 38.5 Å². The van der Waals surface area contributed by atoms with Crippen molar-refractivity contribution in [1.29, 1.82) is 0 Å². The molecule has 0 unspecified atom stereocenters. The molecule has 0 aliphatic carbocycles. The topological polar surface area (TPSA) is 92.3 Å². The molecule has 1 N–H and O–H groups in total. The Morgan fingerprint density at radius 3 is 2.70 bits per heavy atom.